The number of anilines is 1. The summed E-state index contributed by atoms with van der Waals surface area (Å²) < 4.78 is 6.55. The van der Waals surface area contributed by atoms with E-state index in [1.54, 1.807) is 12.4 Å². The van der Waals surface area contributed by atoms with Gasteiger partial charge in [-0.2, -0.15) is 5.10 Å². The summed E-state index contributed by atoms with van der Waals surface area (Å²) in [7, 11) is 0. The quantitative estimate of drug-likeness (QED) is 0.637. The molecule has 4 rings (SSSR count). The molecule has 0 saturated heterocycles. The van der Waals surface area contributed by atoms with E-state index in [2.05, 4.69) is 15.2 Å². The van der Waals surface area contributed by atoms with E-state index in [0.717, 1.165) is 40.0 Å². The average molecular weight is 288 g/mol. The Morgan fingerprint density at radius 2 is 2.35 bits per heavy atom. The summed E-state index contributed by atoms with van der Waals surface area (Å²) in [4.78, 5) is 15.8. The topological polar surface area (TPSA) is 96.8 Å². The molecule has 4 N–H and O–H groups in total. The number of pyridine rings is 1. The molecule has 0 atom stereocenters. The van der Waals surface area contributed by atoms with Crippen molar-refractivity contribution in [2.75, 3.05) is 12.3 Å². The molecule has 1 aliphatic rings. The maximum Gasteiger partial charge on any atom is 0.267 e. The Kier molecular flexibility index (Phi) is 2.37. The highest BCUT2D eigenvalue weighted by Gasteiger charge is 2.24. The SMILES string of the molecule is Nc1[nH]c(=O)c2sc(-c3cn[nH]c3)c3c2c1CCCO3. The van der Waals surface area contributed by atoms with Gasteiger partial charge in [-0.05, 0) is 12.8 Å². The van der Waals surface area contributed by atoms with Crippen LogP contribution in [0.4, 0.5) is 5.82 Å². The molecule has 0 amide bonds. The lowest BCUT2D eigenvalue weighted by Crippen LogP contribution is -2.10. The Hall–Kier alpha value is -2.28. The molecule has 0 bridgehead atoms. The van der Waals surface area contributed by atoms with Crippen LogP contribution >= 0.6 is 11.3 Å². The van der Waals surface area contributed by atoms with Gasteiger partial charge in [0.15, 0.2) is 0 Å². The average Bonchev–Trinajstić information content (AvgIpc) is 3.00. The molecule has 3 aromatic rings. The van der Waals surface area contributed by atoms with Gasteiger partial charge in [-0.3, -0.25) is 9.89 Å². The minimum Gasteiger partial charge on any atom is -0.491 e. The zero-order chi connectivity index (χ0) is 13.7. The fourth-order valence-electron chi connectivity index (χ4n) is 2.62. The van der Waals surface area contributed by atoms with Crippen molar-refractivity contribution in [1.29, 1.82) is 0 Å². The predicted molar refractivity (Wildman–Crippen MR) is 78.3 cm³/mol. The Bertz CT molecular complexity index is 847. The Morgan fingerprint density at radius 1 is 1.45 bits per heavy atom. The highest BCUT2D eigenvalue weighted by Crippen LogP contribution is 2.46. The fourth-order valence-corrected chi connectivity index (χ4v) is 3.77. The second-order valence-electron chi connectivity index (χ2n) is 4.75. The lowest BCUT2D eigenvalue weighted by atomic mass is 10.1. The van der Waals surface area contributed by atoms with Crippen LogP contribution in [0.1, 0.15) is 12.0 Å². The summed E-state index contributed by atoms with van der Waals surface area (Å²) in [6.07, 6.45) is 5.22. The molecule has 20 heavy (non-hydrogen) atoms. The number of nitrogens with two attached hydrogens (primary N) is 1. The van der Waals surface area contributed by atoms with Gasteiger partial charge in [-0.1, -0.05) is 0 Å². The van der Waals surface area contributed by atoms with Crippen molar-refractivity contribution in [2.24, 2.45) is 0 Å². The van der Waals surface area contributed by atoms with Gasteiger partial charge >= 0.3 is 0 Å². The van der Waals surface area contributed by atoms with E-state index in [-0.39, 0.29) is 5.56 Å². The number of ether oxygens (including phenoxy) is 1. The number of hydrogen-bond acceptors (Lipinski definition) is 5. The summed E-state index contributed by atoms with van der Waals surface area (Å²) in [5.41, 5.74) is 7.72. The fraction of sp³-hybridized carbons (Fsp3) is 0.231. The minimum absolute atomic E-state index is 0.159. The van der Waals surface area contributed by atoms with E-state index < -0.39 is 0 Å². The molecular weight excluding hydrogens is 276 g/mol. The molecule has 3 aromatic heterocycles. The van der Waals surface area contributed by atoms with E-state index in [4.69, 9.17) is 10.5 Å². The van der Waals surface area contributed by atoms with E-state index in [0.29, 0.717) is 17.1 Å². The van der Waals surface area contributed by atoms with Crippen molar-refractivity contribution in [3.8, 4) is 16.2 Å². The third kappa shape index (κ3) is 1.50. The van der Waals surface area contributed by atoms with Gasteiger partial charge in [0, 0.05) is 22.7 Å². The second kappa shape index (κ2) is 4.11. The van der Waals surface area contributed by atoms with Crippen LogP contribution in [0.5, 0.6) is 5.75 Å². The van der Waals surface area contributed by atoms with Gasteiger partial charge in [0.1, 0.15) is 16.3 Å². The monoisotopic (exact) mass is 288 g/mol. The van der Waals surface area contributed by atoms with Crippen LogP contribution < -0.4 is 16.0 Å². The Labute approximate surface area is 117 Å². The summed E-state index contributed by atoms with van der Waals surface area (Å²) in [5.74, 6) is 1.21. The number of nitrogens with zero attached hydrogens (tertiary/aromatic N) is 1. The molecule has 0 fully saturated rings. The number of nitrogens with one attached hydrogen (secondary N) is 2. The maximum atomic E-state index is 12.1. The van der Waals surface area contributed by atoms with Crippen LogP contribution in [-0.2, 0) is 6.42 Å². The van der Waals surface area contributed by atoms with E-state index in [1.165, 1.54) is 11.3 Å². The van der Waals surface area contributed by atoms with Crippen molar-refractivity contribution in [1.82, 2.24) is 15.2 Å². The van der Waals surface area contributed by atoms with E-state index in [9.17, 15) is 4.79 Å². The van der Waals surface area contributed by atoms with Gasteiger partial charge in [0.25, 0.3) is 5.56 Å². The van der Waals surface area contributed by atoms with Crippen molar-refractivity contribution in [3.63, 3.8) is 0 Å². The van der Waals surface area contributed by atoms with Gasteiger partial charge in [0.05, 0.1) is 17.7 Å². The molecule has 0 aromatic carbocycles. The molecule has 0 radical (unpaired) electrons. The molecule has 0 spiro atoms. The predicted octanol–water partition coefficient (Wildman–Crippen LogP) is 1.89. The zero-order valence-electron chi connectivity index (χ0n) is 10.5. The largest absolute Gasteiger partial charge is 0.491 e. The van der Waals surface area contributed by atoms with Gasteiger partial charge in [-0.25, -0.2) is 0 Å². The van der Waals surface area contributed by atoms with Crippen molar-refractivity contribution in [2.45, 2.75) is 12.8 Å². The first-order chi connectivity index (χ1) is 9.75. The Morgan fingerprint density at radius 3 is 3.15 bits per heavy atom. The smallest absolute Gasteiger partial charge is 0.267 e. The van der Waals surface area contributed by atoms with Gasteiger partial charge in [0.2, 0.25) is 0 Å². The molecule has 0 aliphatic carbocycles. The number of H-pyrrole nitrogens is 2. The Balaban J connectivity index is 2.15. The normalized spacial score (nSPS) is 14.2. The number of rotatable bonds is 1. The van der Waals surface area contributed by atoms with Crippen molar-refractivity contribution in [3.05, 3.63) is 28.3 Å². The lowest BCUT2D eigenvalue weighted by Gasteiger charge is -2.04. The lowest BCUT2D eigenvalue weighted by molar-refractivity contribution is 0.321. The number of nitrogen functional groups attached to an aromatic ring is 1. The van der Waals surface area contributed by atoms with Crippen LogP contribution in [0.2, 0.25) is 0 Å². The maximum absolute atomic E-state index is 12.1. The third-order valence-electron chi connectivity index (χ3n) is 3.52. The van der Waals surface area contributed by atoms with Crippen molar-refractivity contribution < 1.29 is 4.74 Å². The van der Waals surface area contributed by atoms with Crippen molar-refractivity contribution >= 4 is 27.2 Å². The first kappa shape index (κ1) is 11.5. The molecule has 7 heteroatoms. The van der Waals surface area contributed by atoms with Gasteiger partial charge < -0.3 is 15.5 Å². The first-order valence-electron chi connectivity index (χ1n) is 6.35. The number of thiophene rings is 1. The second-order valence-corrected chi connectivity index (χ2v) is 5.77. The molecule has 4 heterocycles. The van der Waals surface area contributed by atoms with E-state index in [1.807, 2.05) is 0 Å². The van der Waals surface area contributed by atoms with Crippen LogP contribution in [0, 0.1) is 0 Å². The van der Waals surface area contributed by atoms with Crippen LogP contribution in [0.3, 0.4) is 0 Å². The summed E-state index contributed by atoms with van der Waals surface area (Å²) in [6, 6.07) is 0. The molecule has 0 saturated carbocycles. The summed E-state index contributed by atoms with van der Waals surface area (Å²) in [5, 5.41) is 7.62. The summed E-state index contributed by atoms with van der Waals surface area (Å²) in [6.45, 7) is 0.624. The van der Waals surface area contributed by atoms with E-state index >= 15 is 0 Å². The molecule has 1 aliphatic heterocycles. The number of hydrogen-bond donors (Lipinski definition) is 3. The third-order valence-corrected chi connectivity index (χ3v) is 4.74. The van der Waals surface area contributed by atoms with Crippen LogP contribution in [-0.4, -0.2) is 21.8 Å². The molecule has 6 nitrogen and oxygen atoms in total. The van der Waals surface area contributed by atoms with Crippen LogP contribution in [0.15, 0.2) is 17.2 Å². The number of aryl methyl sites for hydroxylation is 1. The summed E-state index contributed by atoms with van der Waals surface area (Å²) >= 11 is 1.42. The minimum atomic E-state index is -0.159. The highest BCUT2D eigenvalue weighted by molar-refractivity contribution is 7.22. The first-order valence-corrected chi connectivity index (χ1v) is 7.16. The standard InChI is InChI=1S/C13H12N4O2S/c14-12-7-2-1-3-19-9-8(7)11(13(18)17-12)20-10(9)6-4-15-16-5-6/h4-5H,1-3H2,(H,15,16)(H3,14,17,18). The molecule has 0 unspecified atom stereocenters. The molecular formula is C13H12N4O2S. The van der Waals surface area contributed by atoms with Gasteiger partial charge in [-0.15, -0.1) is 11.3 Å². The highest BCUT2D eigenvalue weighted by atomic mass is 32.1. The number of aromatic amines is 2. The van der Waals surface area contributed by atoms with Crippen LogP contribution in [0.25, 0.3) is 20.5 Å². The zero-order valence-corrected chi connectivity index (χ0v) is 11.3. The number of aromatic nitrogens is 3. The molecule has 102 valence electrons.